The van der Waals surface area contributed by atoms with Gasteiger partial charge in [-0.15, -0.1) is 0 Å². The van der Waals surface area contributed by atoms with Crippen molar-refractivity contribution in [3.05, 3.63) is 35.0 Å². The zero-order valence-corrected chi connectivity index (χ0v) is 14.3. The maximum Gasteiger partial charge on any atom is 0.243 e. The summed E-state index contributed by atoms with van der Waals surface area (Å²) in [7, 11) is -3.45. The topological polar surface area (TPSA) is 50.3 Å². The number of hydrogen-bond donors (Lipinski definition) is 0. The highest BCUT2D eigenvalue weighted by Crippen LogP contribution is 2.28. The molecule has 1 aromatic carbocycles. The smallest absolute Gasteiger partial charge is 0.236 e. The van der Waals surface area contributed by atoms with Gasteiger partial charge in [-0.1, -0.05) is 18.0 Å². The number of aromatic nitrogens is 1. The third-order valence-corrected chi connectivity index (χ3v) is 6.66. The van der Waals surface area contributed by atoms with Crippen LogP contribution < -0.4 is 0 Å². The lowest BCUT2D eigenvalue weighted by Gasteiger charge is -2.32. The molecule has 22 heavy (non-hydrogen) atoms. The van der Waals surface area contributed by atoms with E-state index in [4.69, 9.17) is 11.6 Å². The second-order valence-corrected chi connectivity index (χ2v) is 8.16. The molecule has 118 valence electrons. The predicted octanol–water partition coefficient (Wildman–Crippen LogP) is 3.76. The Kier molecular flexibility index (Phi) is 4.14. The molecule has 2 aromatic rings. The first-order chi connectivity index (χ1) is 10.4. The van der Waals surface area contributed by atoms with Gasteiger partial charge in [-0.3, -0.25) is 0 Å². The number of fused-ring (bicyclic) bond motifs is 1. The van der Waals surface area contributed by atoms with E-state index in [9.17, 15) is 8.42 Å². The van der Waals surface area contributed by atoms with Crippen molar-refractivity contribution < 1.29 is 8.42 Å². The van der Waals surface area contributed by atoms with E-state index in [-0.39, 0.29) is 6.04 Å². The number of nitrogens with zero attached hydrogens (tertiary/aromatic N) is 2. The first kappa shape index (κ1) is 15.7. The van der Waals surface area contributed by atoms with Crippen LogP contribution in [-0.4, -0.2) is 30.3 Å². The number of pyridine rings is 1. The second kappa shape index (κ2) is 5.80. The summed E-state index contributed by atoms with van der Waals surface area (Å²) in [6.07, 6.45) is 2.93. The van der Waals surface area contributed by atoms with Crippen LogP contribution in [0.5, 0.6) is 0 Å². The molecule has 0 N–H and O–H groups in total. The summed E-state index contributed by atoms with van der Waals surface area (Å²) in [6.45, 7) is 4.44. The van der Waals surface area contributed by atoms with Crippen LogP contribution in [0.15, 0.2) is 29.2 Å². The fourth-order valence-corrected chi connectivity index (χ4v) is 4.84. The summed E-state index contributed by atoms with van der Waals surface area (Å²) < 4.78 is 27.4. The normalized spacial score (nSPS) is 20.4. The number of hydrogen-bond acceptors (Lipinski definition) is 3. The van der Waals surface area contributed by atoms with Crippen LogP contribution in [0.2, 0.25) is 5.15 Å². The number of benzene rings is 1. The van der Waals surface area contributed by atoms with Crippen molar-refractivity contribution in [2.24, 2.45) is 0 Å². The van der Waals surface area contributed by atoms with Crippen molar-refractivity contribution in [2.45, 2.75) is 44.0 Å². The predicted molar refractivity (Wildman–Crippen MR) is 88.7 cm³/mol. The van der Waals surface area contributed by atoms with Crippen LogP contribution in [-0.2, 0) is 10.0 Å². The largest absolute Gasteiger partial charge is 0.243 e. The Bertz CT molecular complexity index is 820. The zero-order valence-electron chi connectivity index (χ0n) is 12.7. The maximum absolute atomic E-state index is 12.9. The van der Waals surface area contributed by atoms with E-state index >= 15 is 0 Å². The number of halogens is 1. The van der Waals surface area contributed by atoms with Gasteiger partial charge in [-0.25, -0.2) is 13.4 Å². The van der Waals surface area contributed by atoms with Gasteiger partial charge >= 0.3 is 0 Å². The van der Waals surface area contributed by atoms with Crippen LogP contribution in [0.25, 0.3) is 10.9 Å². The Balaban J connectivity index is 2.07. The van der Waals surface area contributed by atoms with E-state index in [0.29, 0.717) is 22.1 Å². The summed E-state index contributed by atoms with van der Waals surface area (Å²) in [5.41, 5.74) is 1.55. The molecule has 1 aromatic heterocycles. The quantitative estimate of drug-likeness (QED) is 0.783. The van der Waals surface area contributed by atoms with Crippen LogP contribution in [0.4, 0.5) is 0 Å². The van der Waals surface area contributed by atoms with Crippen LogP contribution in [0.3, 0.4) is 0 Å². The Hall–Kier alpha value is -1.17. The molecule has 1 saturated heterocycles. The van der Waals surface area contributed by atoms with E-state index in [1.807, 2.05) is 19.9 Å². The van der Waals surface area contributed by atoms with Gasteiger partial charge in [0.05, 0.1) is 10.4 Å². The molecule has 1 unspecified atom stereocenters. The minimum Gasteiger partial charge on any atom is -0.236 e. The van der Waals surface area contributed by atoms with Crippen molar-refractivity contribution >= 4 is 32.5 Å². The van der Waals surface area contributed by atoms with Gasteiger partial charge in [-0.2, -0.15) is 4.31 Å². The Morgan fingerprint density at radius 3 is 2.77 bits per heavy atom. The van der Waals surface area contributed by atoms with Gasteiger partial charge in [0.2, 0.25) is 10.0 Å². The van der Waals surface area contributed by atoms with Gasteiger partial charge < -0.3 is 0 Å². The minimum absolute atomic E-state index is 0.0551. The molecule has 1 aliphatic heterocycles. The van der Waals surface area contributed by atoms with Gasteiger partial charge in [0.25, 0.3) is 0 Å². The fourth-order valence-electron chi connectivity index (χ4n) is 2.96. The number of aryl methyl sites for hydroxylation is 1. The Morgan fingerprint density at radius 2 is 2.05 bits per heavy atom. The molecule has 0 radical (unpaired) electrons. The van der Waals surface area contributed by atoms with Crippen LogP contribution in [0, 0.1) is 6.92 Å². The molecule has 0 spiro atoms. The second-order valence-electron chi connectivity index (χ2n) is 5.91. The number of rotatable bonds is 2. The third kappa shape index (κ3) is 2.73. The third-order valence-electron chi connectivity index (χ3n) is 4.26. The maximum atomic E-state index is 12.9. The minimum atomic E-state index is -3.45. The first-order valence-electron chi connectivity index (χ1n) is 7.48. The average molecular weight is 339 g/mol. The molecule has 0 bridgehead atoms. The molecule has 0 amide bonds. The molecule has 0 aliphatic carbocycles. The Morgan fingerprint density at radius 1 is 1.27 bits per heavy atom. The van der Waals surface area contributed by atoms with E-state index < -0.39 is 10.0 Å². The number of sulfonamides is 1. The fraction of sp³-hybridized carbons (Fsp3) is 0.438. The number of piperidine rings is 1. The molecular weight excluding hydrogens is 320 g/mol. The summed E-state index contributed by atoms with van der Waals surface area (Å²) >= 11 is 6.02. The highest BCUT2D eigenvalue weighted by molar-refractivity contribution is 7.89. The van der Waals surface area contributed by atoms with Gasteiger partial charge in [-0.05, 0) is 56.5 Å². The lowest BCUT2D eigenvalue weighted by atomic mass is 10.1. The van der Waals surface area contributed by atoms with Crippen LogP contribution >= 0.6 is 11.6 Å². The summed E-state index contributed by atoms with van der Waals surface area (Å²) in [6, 6.07) is 6.98. The van der Waals surface area contributed by atoms with E-state index in [2.05, 4.69) is 4.98 Å². The van der Waals surface area contributed by atoms with E-state index in [1.165, 1.54) is 0 Å². The molecule has 0 saturated carbocycles. The van der Waals surface area contributed by atoms with Gasteiger partial charge in [0.15, 0.2) is 0 Å². The molecule has 3 rings (SSSR count). The average Bonchev–Trinajstić information content (AvgIpc) is 2.48. The first-order valence-corrected chi connectivity index (χ1v) is 9.30. The van der Waals surface area contributed by atoms with Crippen molar-refractivity contribution in [3.8, 4) is 0 Å². The summed E-state index contributed by atoms with van der Waals surface area (Å²) in [5, 5.41) is 1.25. The van der Waals surface area contributed by atoms with Gasteiger partial charge in [0, 0.05) is 18.0 Å². The van der Waals surface area contributed by atoms with Crippen molar-refractivity contribution in [3.63, 3.8) is 0 Å². The van der Waals surface area contributed by atoms with Crippen molar-refractivity contribution in [1.82, 2.24) is 9.29 Å². The van der Waals surface area contributed by atoms with Crippen LogP contribution in [0.1, 0.15) is 31.7 Å². The SMILES string of the molecule is Cc1cc2cc(S(=O)(=O)N3CCCCC3C)ccc2nc1Cl. The molecule has 2 heterocycles. The lowest BCUT2D eigenvalue weighted by molar-refractivity contribution is 0.268. The van der Waals surface area contributed by atoms with Crippen molar-refractivity contribution in [1.29, 1.82) is 0 Å². The highest BCUT2D eigenvalue weighted by atomic mass is 35.5. The van der Waals surface area contributed by atoms with Crippen molar-refractivity contribution in [2.75, 3.05) is 6.54 Å². The molecule has 1 fully saturated rings. The molecule has 1 aliphatic rings. The Labute approximate surface area is 136 Å². The molecular formula is C16H19ClN2O2S. The monoisotopic (exact) mass is 338 g/mol. The standard InChI is InChI=1S/C16H19ClN2O2S/c1-11-9-13-10-14(6-7-15(13)18-16(11)17)22(20,21)19-8-4-3-5-12(19)2/h6-7,9-10,12H,3-5,8H2,1-2H3. The molecule has 1 atom stereocenters. The summed E-state index contributed by atoms with van der Waals surface area (Å²) in [4.78, 5) is 4.61. The van der Waals surface area contributed by atoms with E-state index in [0.717, 1.165) is 30.2 Å². The van der Waals surface area contributed by atoms with Gasteiger partial charge in [0.1, 0.15) is 5.15 Å². The molecule has 6 heteroatoms. The summed E-state index contributed by atoms with van der Waals surface area (Å²) in [5.74, 6) is 0. The lowest BCUT2D eigenvalue weighted by Crippen LogP contribution is -2.41. The highest BCUT2D eigenvalue weighted by Gasteiger charge is 2.31. The zero-order chi connectivity index (χ0) is 15.9. The molecule has 4 nitrogen and oxygen atoms in total. The van der Waals surface area contributed by atoms with E-state index in [1.54, 1.807) is 22.5 Å².